The van der Waals surface area contributed by atoms with E-state index in [1.54, 1.807) is 19.9 Å². The van der Waals surface area contributed by atoms with Gasteiger partial charge in [0.05, 0.1) is 11.5 Å². The molecule has 1 aromatic carbocycles. The van der Waals surface area contributed by atoms with E-state index in [9.17, 15) is 20.0 Å². The van der Waals surface area contributed by atoms with Gasteiger partial charge in [-0.2, -0.15) is 0 Å². The van der Waals surface area contributed by atoms with Crippen LogP contribution >= 0.6 is 11.3 Å². The molecule has 2 aromatic rings. The second kappa shape index (κ2) is 4.85. The number of aryl methyl sites for hydroxylation is 1. The number of fused-ring (bicyclic) bond motifs is 1. The molecule has 0 atom stereocenters. The molecule has 0 unspecified atom stereocenters. The van der Waals surface area contributed by atoms with Gasteiger partial charge in [0.2, 0.25) is 0 Å². The number of nitro groups is 1. The van der Waals surface area contributed by atoms with E-state index in [0.29, 0.717) is 15.6 Å². The van der Waals surface area contributed by atoms with Gasteiger partial charge in [0.25, 0.3) is 5.69 Å². The number of aromatic hydroxyl groups is 1. The van der Waals surface area contributed by atoms with E-state index in [1.165, 1.54) is 6.07 Å². The number of hydrogen-bond acceptors (Lipinski definition) is 6. The molecule has 0 aliphatic heterocycles. The molecule has 0 radical (unpaired) electrons. The number of hydrogen-bond donors (Lipinski definition) is 1. The van der Waals surface area contributed by atoms with Crippen molar-refractivity contribution in [2.24, 2.45) is 0 Å². The third kappa shape index (κ3) is 2.24. The molecule has 0 amide bonds. The van der Waals surface area contributed by atoms with Crippen LogP contribution < -0.4 is 0 Å². The molecule has 0 fully saturated rings. The molecule has 0 saturated carbocycles. The van der Waals surface area contributed by atoms with Crippen LogP contribution in [0.3, 0.4) is 0 Å². The van der Waals surface area contributed by atoms with Crippen molar-refractivity contribution in [2.45, 2.75) is 13.8 Å². The Hall–Kier alpha value is -2.15. The Labute approximate surface area is 112 Å². The highest BCUT2D eigenvalue weighted by atomic mass is 32.1. The van der Waals surface area contributed by atoms with Crippen molar-refractivity contribution in [3.05, 3.63) is 32.7 Å². The average Bonchev–Trinajstić information content (AvgIpc) is 2.65. The molecular weight excluding hydrogens is 270 g/mol. The van der Waals surface area contributed by atoms with Gasteiger partial charge in [-0.3, -0.25) is 10.1 Å². The van der Waals surface area contributed by atoms with Crippen molar-refractivity contribution < 1.29 is 19.6 Å². The molecular formula is C12H11NO5S. The summed E-state index contributed by atoms with van der Waals surface area (Å²) in [5.74, 6) is -0.886. The van der Waals surface area contributed by atoms with Gasteiger partial charge in [-0.1, -0.05) is 0 Å². The van der Waals surface area contributed by atoms with Crippen LogP contribution in [0.1, 0.15) is 22.2 Å². The van der Waals surface area contributed by atoms with Crippen molar-refractivity contribution in [1.82, 2.24) is 0 Å². The maximum atomic E-state index is 11.6. The molecule has 0 aliphatic rings. The maximum absolute atomic E-state index is 11.6. The fourth-order valence-electron chi connectivity index (χ4n) is 1.75. The molecule has 7 heteroatoms. The van der Waals surface area contributed by atoms with Gasteiger partial charge in [0.1, 0.15) is 5.75 Å². The summed E-state index contributed by atoms with van der Waals surface area (Å²) in [6.07, 6.45) is 0. The first kappa shape index (κ1) is 13.3. The number of nitrogens with zero attached hydrogens (tertiary/aromatic N) is 1. The number of thiophene rings is 1. The summed E-state index contributed by atoms with van der Waals surface area (Å²) in [5, 5.41) is 21.1. The number of carbonyl (C=O) groups excluding carboxylic acids is 1. The molecule has 2 rings (SSSR count). The first-order chi connectivity index (χ1) is 8.95. The second-order valence-electron chi connectivity index (χ2n) is 3.89. The van der Waals surface area contributed by atoms with Gasteiger partial charge >= 0.3 is 5.97 Å². The summed E-state index contributed by atoms with van der Waals surface area (Å²) in [7, 11) is 0. The van der Waals surface area contributed by atoms with Crippen LogP contribution in [0.4, 0.5) is 5.69 Å². The van der Waals surface area contributed by atoms with E-state index in [2.05, 4.69) is 0 Å². The van der Waals surface area contributed by atoms with Gasteiger partial charge in [0, 0.05) is 21.7 Å². The van der Waals surface area contributed by atoms with Crippen LogP contribution in [0.15, 0.2) is 12.1 Å². The number of benzene rings is 1. The minimum Gasteiger partial charge on any atom is -0.505 e. The summed E-state index contributed by atoms with van der Waals surface area (Å²) < 4.78 is 5.44. The SMILES string of the molecule is CCOC(=O)c1sc2cc(C)c([N+](=O)[O-])cc2c1O. The number of esters is 1. The van der Waals surface area contributed by atoms with E-state index in [4.69, 9.17) is 4.74 Å². The molecule has 19 heavy (non-hydrogen) atoms. The zero-order valence-corrected chi connectivity index (χ0v) is 11.1. The molecule has 1 N–H and O–H groups in total. The lowest BCUT2D eigenvalue weighted by Gasteiger charge is -1.98. The molecule has 1 aromatic heterocycles. The zero-order chi connectivity index (χ0) is 14.2. The summed E-state index contributed by atoms with van der Waals surface area (Å²) in [5.41, 5.74) is 0.394. The number of ether oxygens (including phenoxy) is 1. The molecule has 0 bridgehead atoms. The van der Waals surface area contributed by atoms with Crippen molar-refractivity contribution in [3.63, 3.8) is 0 Å². The normalized spacial score (nSPS) is 10.6. The first-order valence-corrected chi connectivity index (χ1v) is 6.35. The lowest BCUT2D eigenvalue weighted by Crippen LogP contribution is -2.01. The van der Waals surface area contributed by atoms with Gasteiger partial charge in [-0.15, -0.1) is 11.3 Å². The van der Waals surface area contributed by atoms with Crippen molar-refractivity contribution in [1.29, 1.82) is 0 Å². The Morgan fingerprint density at radius 2 is 2.21 bits per heavy atom. The Morgan fingerprint density at radius 3 is 2.79 bits per heavy atom. The molecule has 6 nitrogen and oxygen atoms in total. The quantitative estimate of drug-likeness (QED) is 0.530. The van der Waals surface area contributed by atoms with E-state index < -0.39 is 10.9 Å². The van der Waals surface area contributed by atoms with Crippen LogP contribution in [-0.4, -0.2) is 22.6 Å². The van der Waals surface area contributed by atoms with Crippen LogP contribution in [-0.2, 0) is 4.74 Å². The average molecular weight is 281 g/mol. The van der Waals surface area contributed by atoms with Crippen molar-refractivity contribution in [2.75, 3.05) is 6.61 Å². The molecule has 0 aliphatic carbocycles. The Balaban J connectivity index is 2.64. The minimum absolute atomic E-state index is 0.0664. The summed E-state index contributed by atoms with van der Waals surface area (Å²) in [6, 6.07) is 2.86. The van der Waals surface area contributed by atoms with Crippen molar-refractivity contribution >= 4 is 33.1 Å². The predicted molar refractivity (Wildman–Crippen MR) is 70.8 cm³/mol. The number of nitro benzene ring substituents is 1. The van der Waals surface area contributed by atoms with E-state index in [0.717, 1.165) is 11.3 Å². The third-order valence-corrected chi connectivity index (χ3v) is 3.76. The Kier molecular flexibility index (Phi) is 3.39. The zero-order valence-electron chi connectivity index (χ0n) is 10.3. The molecule has 0 spiro atoms. The largest absolute Gasteiger partial charge is 0.505 e. The van der Waals surface area contributed by atoms with Gasteiger partial charge in [0.15, 0.2) is 4.88 Å². The smallest absolute Gasteiger partial charge is 0.352 e. The standard InChI is InChI=1S/C12H11NO5S/c1-3-18-12(15)11-10(14)7-5-8(13(16)17)6(2)4-9(7)19-11/h4-5,14H,3H2,1-2H3. The fraction of sp³-hybridized carbons (Fsp3) is 0.250. The van der Waals surface area contributed by atoms with Crippen LogP contribution in [0.5, 0.6) is 5.75 Å². The highest BCUT2D eigenvalue weighted by Gasteiger charge is 2.22. The van der Waals surface area contributed by atoms with Gasteiger partial charge < -0.3 is 9.84 Å². The second-order valence-corrected chi connectivity index (χ2v) is 4.94. The minimum atomic E-state index is -0.624. The lowest BCUT2D eigenvalue weighted by atomic mass is 10.1. The topological polar surface area (TPSA) is 89.7 Å². The molecule has 100 valence electrons. The van der Waals surface area contributed by atoms with Crippen LogP contribution in [0.25, 0.3) is 10.1 Å². The summed E-state index contributed by atoms with van der Waals surface area (Å²) in [6.45, 7) is 3.47. The first-order valence-electron chi connectivity index (χ1n) is 5.53. The summed E-state index contributed by atoms with van der Waals surface area (Å²) in [4.78, 5) is 22.0. The van der Waals surface area contributed by atoms with E-state index >= 15 is 0 Å². The highest BCUT2D eigenvalue weighted by Crippen LogP contribution is 2.40. The van der Waals surface area contributed by atoms with Crippen LogP contribution in [0, 0.1) is 17.0 Å². The van der Waals surface area contributed by atoms with Crippen LogP contribution in [0.2, 0.25) is 0 Å². The lowest BCUT2D eigenvalue weighted by molar-refractivity contribution is -0.385. The number of rotatable bonds is 3. The van der Waals surface area contributed by atoms with Gasteiger partial charge in [-0.05, 0) is 19.9 Å². The van der Waals surface area contributed by atoms with Gasteiger partial charge in [-0.25, -0.2) is 4.79 Å². The molecule has 0 saturated heterocycles. The maximum Gasteiger partial charge on any atom is 0.352 e. The monoisotopic (exact) mass is 281 g/mol. The summed E-state index contributed by atoms with van der Waals surface area (Å²) >= 11 is 1.06. The van der Waals surface area contributed by atoms with Crippen molar-refractivity contribution in [3.8, 4) is 5.75 Å². The third-order valence-electron chi connectivity index (χ3n) is 2.64. The Bertz CT molecular complexity index is 676. The predicted octanol–water partition coefficient (Wildman–Crippen LogP) is 3.00. The molecule has 1 heterocycles. The Morgan fingerprint density at radius 1 is 1.53 bits per heavy atom. The fourth-order valence-corrected chi connectivity index (χ4v) is 2.82. The number of carbonyl (C=O) groups is 1. The highest BCUT2D eigenvalue weighted by molar-refractivity contribution is 7.21. The van der Waals surface area contributed by atoms with E-state index in [-0.39, 0.29) is 22.9 Å². The van der Waals surface area contributed by atoms with E-state index in [1.807, 2.05) is 0 Å².